The average Bonchev–Trinajstić information content (AvgIpc) is 3.25. The zero-order valence-electron chi connectivity index (χ0n) is 19.6. The van der Waals surface area contributed by atoms with Crippen LogP contribution < -0.4 is 10.6 Å². The maximum Gasteiger partial charge on any atom is 0.416 e. The van der Waals surface area contributed by atoms with Crippen molar-refractivity contribution in [1.29, 1.82) is 0 Å². The van der Waals surface area contributed by atoms with Gasteiger partial charge in [-0.15, -0.1) is 0 Å². The van der Waals surface area contributed by atoms with Gasteiger partial charge in [0, 0.05) is 23.6 Å². The first-order chi connectivity index (χ1) is 16.1. The van der Waals surface area contributed by atoms with E-state index in [-0.39, 0.29) is 30.0 Å². The largest absolute Gasteiger partial charge is 0.416 e. The Morgan fingerprint density at radius 3 is 2.03 bits per heavy atom. The molecule has 0 atom stereocenters. The minimum atomic E-state index is -5.00. The predicted molar refractivity (Wildman–Crippen MR) is 114 cm³/mol. The number of aromatic nitrogens is 2. The number of carbonyl (C=O) groups is 1. The van der Waals surface area contributed by atoms with Crippen molar-refractivity contribution in [2.24, 2.45) is 5.92 Å². The standard InChI is InChI=1S/C23H28F6N4O2/c1-21(2,3)20-32-18(33-35-20)12-30-17-6-4-13(5-7-17)11-31-19(34)14-8-15(22(24,25)26)10-16(9-14)23(27,28)29/h8-10,13,17,30H,4-7,11-12H2,1-3H3,(H,31,34)/t13-,17+. The molecule has 1 saturated carbocycles. The molecule has 194 valence electrons. The molecule has 1 aromatic carbocycles. The zero-order valence-corrected chi connectivity index (χ0v) is 19.6. The number of nitrogens with one attached hydrogen (secondary N) is 2. The minimum Gasteiger partial charge on any atom is -0.352 e. The van der Waals surface area contributed by atoms with E-state index < -0.39 is 35.0 Å². The Hall–Kier alpha value is -2.63. The number of halogens is 6. The summed E-state index contributed by atoms with van der Waals surface area (Å²) >= 11 is 0. The van der Waals surface area contributed by atoms with Crippen LogP contribution in [0.3, 0.4) is 0 Å². The van der Waals surface area contributed by atoms with Gasteiger partial charge in [-0.05, 0) is 49.8 Å². The van der Waals surface area contributed by atoms with Crippen molar-refractivity contribution >= 4 is 5.91 Å². The van der Waals surface area contributed by atoms with Gasteiger partial charge in [-0.2, -0.15) is 31.3 Å². The highest BCUT2D eigenvalue weighted by Gasteiger charge is 2.37. The van der Waals surface area contributed by atoms with E-state index in [0.29, 0.717) is 30.4 Å². The molecule has 35 heavy (non-hydrogen) atoms. The maximum atomic E-state index is 13.0. The van der Waals surface area contributed by atoms with Crippen molar-refractivity contribution in [2.45, 2.75) is 76.8 Å². The summed E-state index contributed by atoms with van der Waals surface area (Å²) in [6.45, 7) is 6.53. The number of benzene rings is 1. The van der Waals surface area contributed by atoms with Crippen LogP contribution in [0.2, 0.25) is 0 Å². The molecule has 0 aliphatic heterocycles. The van der Waals surface area contributed by atoms with Crippen LogP contribution in [0.15, 0.2) is 22.7 Å². The summed E-state index contributed by atoms with van der Waals surface area (Å²) in [5.41, 5.74) is -3.94. The molecule has 0 radical (unpaired) electrons. The third-order valence-corrected chi connectivity index (χ3v) is 5.91. The Balaban J connectivity index is 1.50. The molecular formula is C23H28F6N4O2. The van der Waals surface area contributed by atoms with E-state index in [1.54, 1.807) is 0 Å². The van der Waals surface area contributed by atoms with Gasteiger partial charge in [0.2, 0.25) is 5.89 Å². The number of amides is 1. The van der Waals surface area contributed by atoms with Crippen LogP contribution in [-0.4, -0.2) is 28.6 Å². The SMILES string of the molecule is CC(C)(C)c1nc(CN[C@H]2CC[C@@H](CNC(=O)c3cc(C(F)(F)F)cc(C(F)(F)F)c3)CC2)no1. The highest BCUT2D eigenvalue weighted by molar-refractivity contribution is 5.94. The van der Waals surface area contributed by atoms with E-state index in [0.717, 1.165) is 25.7 Å². The summed E-state index contributed by atoms with van der Waals surface area (Å²) in [4.78, 5) is 16.7. The quantitative estimate of drug-likeness (QED) is 0.507. The molecule has 1 aliphatic rings. The predicted octanol–water partition coefficient (Wildman–Crippen LogP) is 5.48. The van der Waals surface area contributed by atoms with E-state index in [9.17, 15) is 31.1 Å². The topological polar surface area (TPSA) is 80.0 Å². The second-order valence-corrected chi connectivity index (χ2v) is 9.87. The van der Waals surface area contributed by atoms with Crippen LogP contribution in [0.1, 0.15) is 79.7 Å². The molecule has 12 heteroatoms. The lowest BCUT2D eigenvalue weighted by molar-refractivity contribution is -0.143. The van der Waals surface area contributed by atoms with Crippen LogP contribution in [0.4, 0.5) is 26.3 Å². The zero-order chi connectivity index (χ0) is 26.0. The summed E-state index contributed by atoms with van der Waals surface area (Å²) in [6.07, 6.45) is -6.92. The first kappa shape index (κ1) is 27.0. The second-order valence-electron chi connectivity index (χ2n) is 9.87. The lowest BCUT2D eigenvalue weighted by atomic mass is 9.86. The van der Waals surface area contributed by atoms with Crippen LogP contribution in [-0.2, 0) is 24.3 Å². The number of hydrogen-bond donors (Lipinski definition) is 2. The first-order valence-corrected chi connectivity index (χ1v) is 11.3. The highest BCUT2D eigenvalue weighted by atomic mass is 19.4. The third-order valence-electron chi connectivity index (χ3n) is 5.91. The van der Waals surface area contributed by atoms with Crippen molar-refractivity contribution in [1.82, 2.24) is 20.8 Å². The van der Waals surface area contributed by atoms with Crippen LogP contribution in [0.25, 0.3) is 0 Å². The Morgan fingerprint density at radius 1 is 0.971 bits per heavy atom. The minimum absolute atomic E-state index is 0.00353. The summed E-state index contributed by atoms with van der Waals surface area (Å²) in [7, 11) is 0. The van der Waals surface area contributed by atoms with Gasteiger partial charge in [-0.25, -0.2) is 0 Å². The van der Waals surface area contributed by atoms with Crippen LogP contribution in [0, 0.1) is 5.92 Å². The van der Waals surface area contributed by atoms with Crippen molar-refractivity contribution in [3.05, 3.63) is 46.6 Å². The van der Waals surface area contributed by atoms with Gasteiger partial charge in [0.1, 0.15) is 0 Å². The summed E-state index contributed by atoms with van der Waals surface area (Å²) in [6, 6.07) is 1.09. The molecule has 1 aromatic heterocycles. The fraction of sp³-hybridized carbons (Fsp3) is 0.609. The molecular weight excluding hydrogens is 478 g/mol. The molecule has 1 amide bonds. The molecule has 0 saturated heterocycles. The molecule has 1 fully saturated rings. The average molecular weight is 506 g/mol. The second kappa shape index (κ2) is 10.2. The highest BCUT2D eigenvalue weighted by Crippen LogP contribution is 2.36. The van der Waals surface area contributed by atoms with Gasteiger partial charge in [-0.3, -0.25) is 4.79 Å². The fourth-order valence-electron chi connectivity index (χ4n) is 3.86. The molecule has 2 aromatic rings. The molecule has 1 heterocycles. The van der Waals surface area contributed by atoms with Gasteiger partial charge in [0.25, 0.3) is 5.91 Å². The number of rotatable bonds is 6. The molecule has 0 spiro atoms. The molecule has 1 aliphatic carbocycles. The van der Waals surface area contributed by atoms with E-state index in [2.05, 4.69) is 20.8 Å². The van der Waals surface area contributed by atoms with E-state index >= 15 is 0 Å². The van der Waals surface area contributed by atoms with Crippen molar-refractivity contribution in [2.75, 3.05) is 6.54 Å². The van der Waals surface area contributed by atoms with Gasteiger partial charge >= 0.3 is 12.4 Å². The smallest absolute Gasteiger partial charge is 0.352 e. The Bertz CT molecular complexity index is 986. The lowest BCUT2D eigenvalue weighted by Crippen LogP contribution is -2.37. The number of carbonyl (C=O) groups excluding carboxylic acids is 1. The fourth-order valence-corrected chi connectivity index (χ4v) is 3.86. The molecule has 6 nitrogen and oxygen atoms in total. The van der Waals surface area contributed by atoms with Crippen molar-refractivity contribution in [3.63, 3.8) is 0 Å². The molecule has 0 bridgehead atoms. The van der Waals surface area contributed by atoms with E-state index in [1.165, 1.54) is 0 Å². The van der Waals surface area contributed by atoms with Gasteiger partial charge in [0.05, 0.1) is 17.7 Å². The van der Waals surface area contributed by atoms with Gasteiger partial charge in [0.15, 0.2) is 5.82 Å². The van der Waals surface area contributed by atoms with E-state index in [1.807, 2.05) is 20.8 Å². The van der Waals surface area contributed by atoms with Gasteiger partial charge < -0.3 is 15.2 Å². The summed E-state index contributed by atoms with van der Waals surface area (Å²) in [5, 5.41) is 9.82. The first-order valence-electron chi connectivity index (χ1n) is 11.3. The third kappa shape index (κ3) is 7.42. The maximum absolute atomic E-state index is 13.0. The monoisotopic (exact) mass is 506 g/mol. The molecule has 3 rings (SSSR count). The Kier molecular flexibility index (Phi) is 7.83. The molecule has 2 N–H and O–H groups in total. The van der Waals surface area contributed by atoms with E-state index in [4.69, 9.17) is 4.52 Å². The Labute approximate surface area is 198 Å². The van der Waals surface area contributed by atoms with Crippen LogP contribution in [0.5, 0.6) is 0 Å². The number of nitrogens with zero attached hydrogens (tertiary/aromatic N) is 2. The lowest BCUT2D eigenvalue weighted by Gasteiger charge is -2.29. The van der Waals surface area contributed by atoms with Crippen molar-refractivity contribution in [3.8, 4) is 0 Å². The Morgan fingerprint density at radius 2 is 1.54 bits per heavy atom. The van der Waals surface area contributed by atoms with Crippen molar-refractivity contribution < 1.29 is 35.7 Å². The number of alkyl halides is 6. The van der Waals surface area contributed by atoms with Gasteiger partial charge in [-0.1, -0.05) is 25.9 Å². The summed E-state index contributed by atoms with van der Waals surface area (Å²) < 4.78 is 83.4. The molecule has 0 unspecified atom stereocenters. The number of hydrogen-bond acceptors (Lipinski definition) is 5. The van der Waals surface area contributed by atoms with Crippen LogP contribution >= 0.6 is 0 Å². The normalized spacial score (nSPS) is 19.6. The summed E-state index contributed by atoms with van der Waals surface area (Å²) in [5.74, 6) is 0.219.